The first-order valence-corrected chi connectivity index (χ1v) is 8.52. The minimum absolute atomic E-state index is 0.00605. The predicted molar refractivity (Wildman–Crippen MR) is 78.2 cm³/mol. The third-order valence-electron chi connectivity index (χ3n) is 3.41. The number of hydrogen-bond acceptors (Lipinski definition) is 3. The maximum absolute atomic E-state index is 12.5. The molecule has 20 heavy (non-hydrogen) atoms. The third-order valence-corrected chi connectivity index (χ3v) is 6.45. The molecule has 0 unspecified atom stereocenters. The van der Waals surface area contributed by atoms with Crippen LogP contribution in [-0.4, -0.2) is 36.9 Å². The van der Waals surface area contributed by atoms with Gasteiger partial charge in [-0.05, 0) is 40.0 Å². The Hall–Kier alpha value is -0.630. The van der Waals surface area contributed by atoms with Gasteiger partial charge in [-0.2, -0.15) is 4.31 Å². The predicted octanol–water partition coefficient (Wildman–Crippen LogP) is 2.44. The fourth-order valence-corrected chi connectivity index (χ4v) is 5.17. The first-order chi connectivity index (χ1) is 9.23. The second-order valence-corrected chi connectivity index (χ2v) is 8.02. The van der Waals surface area contributed by atoms with Crippen LogP contribution in [0.3, 0.4) is 0 Å². The van der Waals surface area contributed by atoms with E-state index in [-0.39, 0.29) is 23.9 Å². The molecule has 0 amide bonds. The van der Waals surface area contributed by atoms with Gasteiger partial charge in [-0.1, -0.05) is 18.5 Å². The normalized spacial score (nSPS) is 23.9. The van der Waals surface area contributed by atoms with Crippen LogP contribution in [0, 0.1) is 11.8 Å². The van der Waals surface area contributed by atoms with Crippen LogP contribution in [0.25, 0.3) is 0 Å². The monoisotopic (exact) mass is 381 g/mol. The highest BCUT2D eigenvalue weighted by molar-refractivity contribution is 9.10. The van der Waals surface area contributed by atoms with Crippen LogP contribution in [0.4, 0.5) is 0 Å². The highest BCUT2D eigenvalue weighted by Crippen LogP contribution is 2.32. The van der Waals surface area contributed by atoms with Crippen LogP contribution in [0.1, 0.15) is 6.92 Å². The number of carboxylic acid groups (broad SMARTS) is 1. The van der Waals surface area contributed by atoms with Gasteiger partial charge in [0, 0.05) is 22.6 Å². The molecule has 0 radical (unpaired) electrons. The zero-order valence-corrected chi connectivity index (χ0v) is 13.7. The molecule has 1 heterocycles. The Kier molecular flexibility index (Phi) is 4.44. The quantitative estimate of drug-likeness (QED) is 0.871. The molecule has 1 saturated heterocycles. The lowest BCUT2D eigenvalue weighted by molar-refractivity contribution is -0.142. The molecular formula is C12H13BrClNO4S. The fraction of sp³-hybridized carbons (Fsp3) is 0.417. The van der Waals surface area contributed by atoms with Crippen molar-refractivity contribution in [2.24, 2.45) is 11.8 Å². The lowest BCUT2D eigenvalue weighted by Crippen LogP contribution is -2.30. The molecule has 0 aromatic heterocycles. The molecule has 0 saturated carbocycles. The van der Waals surface area contributed by atoms with E-state index < -0.39 is 21.9 Å². The Labute approximate surface area is 130 Å². The standard InChI is InChI=1S/C12H13BrClNO4S/c1-7-5-15(6-9(7)12(16)17)20(18,19)11-3-2-8(14)4-10(11)13/h2-4,7,9H,5-6H2,1H3,(H,16,17)/t7-,9-/m1/s1. The molecule has 110 valence electrons. The Bertz CT molecular complexity index is 649. The van der Waals surface area contributed by atoms with Gasteiger partial charge in [0.2, 0.25) is 10.0 Å². The van der Waals surface area contributed by atoms with Crippen LogP contribution >= 0.6 is 27.5 Å². The molecular weight excluding hydrogens is 370 g/mol. The van der Waals surface area contributed by atoms with E-state index in [1.807, 2.05) is 0 Å². The number of sulfonamides is 1. The molecule has 0 aliphatic carbocycles. The van der Waals surface area contributed by atoms with E-state index in [1.165, 1.54) is 22.5 Å². The molecule has 0 spiro atoms. The Morgan fingerprint density at radius 2 is 2.10 bits per heavy atom. The summed E-state index contributed by atoms with van der Waals surface area (Å²) in [5.74, 6) is -1.85. The average Bonchev–Trinajstić information content (AvgIpc) is 2.71. The van der Waals surface area contributed by atoms with Crippen LogP contribution in [0.2, 0.25) is 5.02 Å². The first kappa shape index (κ1) is 15.8. The third kappa shape index (κ3) is 2.86. The number of benzene rings is 1. The summed E-state index contributed by atoms with van der Waals surface area (Å²) in [6.07, 6.45) is 0. The molecule has 1 aliphatic rings. The van der Waals surface area contributed by atoms with Crippen molar-refractivity contribution in [2.75, 3.05) is 13.1 Å². The van der Waals surface area contributed by atoms with Crippen molar-refractivity contribution in [3.8, 4) is 0 Å². The van der Waals surface area contributed by atoms with Gasteiger partial charge in [0.1, 0.15) is 0 Å². The van der Waals surface area contributed by atoms with Gasteiger partial charge in [-0.15, -0.1) is 0 Å². The molecule has 2 atom stereocenters. The molecule has 1 fully saturated rings. The summed E-state index contributed by atoms with van der Waals surface area (Å²) in [6, 6.07) is 4.41. The van der Waals surface area contributed by atoms with Gasteiger partial charge < -0.3 is 5.11 Å². The maximum Gasteiger partial charge on any atom is 0.308 e. The van der Waals surface area contributed by atoms with Crippen LogP contribution < -0.4 is 0 Å². The van der Waals surface area contributed by atoms with E-state index in [9.17, 15) is 13.2 Å². The molecule has 1 N–H and O–H groups in total. The van der Waals surface area contributed by atoms with Crippen molar-refractivity contribution < 1.29 is 18.3 Å². The Morgan fingerprint density at radius 3 is 2.60 bits per heavy atom. The maximum atomic E-state index is 12.5. The lowest BCUT2D eigenvalue weighted by atomic mass is 9.99. The summed E-state index contributed by atoms with van der Waals surface area (Å²) in [7, 11) is -3.72. The van der Waals surface area contributed by atoms with Crippen molar-refractivity contribution >= 4 is 43.5 Å². The zero-order chi connectivity index (χ0) is 15.1. The second-order valence-electron chi connectivity index (χ2n) is 4.82. The summed E-state index contributed by atoms with van der Waals surface area (Å²) in [5.41, 5.74) is 0. The molecule has 5 nitrogen and oxygen atoms in total. The van der Waals surface area contributed by atoms with Gasteiger partial charge in [0.25, 0.3) is 0 Å². The van der Waals surface area contributed by atoms with Gasteiger partial charge in [-0.3, -0.25) is 4.79 Å². The minimum atomic E-state index is -3.72. The topological polar surface area (TPSA) is 74.7 Å². The molecule has 0 bridgehead atoms. The van der Waals surface area contributed by atoms with Gasteiger partial charge in [-0.25, -0.2) is 8.42 Å². The smallest absolute Gasteiger partial charge is 0.308 e. The number of halogens is 2. The summed E-state index contributed by atoms with van der Waals surface area (Å²) in [5, 5.41) is 9.51. The van der Waals surface area contributed by atoms with Gasteiger partial charge in [0.15, 0.2) is 0 Å². The number of rotatable bonds is 3. The zero-order valence-electron chi connectivity index (χ0n) is 10.6. The molecule has 1 aromatic rings. The number of nitrogens with zero attached hydrogens (tertiary/aromatic N) is 1. The highest BCUT2D eigenvalue weighted by atomic mass is 79.9. The number of hydrogen-bond donors (Lipinski definition) is 1. The number of carboxylic acids is 1. The van der Waals surface area contributed by atoms with E-state index in [0.29, 0.717) is 9.50 Å². The van der Waals surface area contributed by atoms with E-state index in [1.54, 1.807) is 6.92 Å². The summed E-state index contributed by atoms with van der Waals surface area (Å²) >= 11 is 8.98. The molecule has 8 heteroatoms. The summed E-state index contributed by atoms with van der Waals surface area (Å²) in [6.45, 7) is 1.94. The van der Waals surface area contributed by atoms with Crippen LogP contribution in [0.5, 0.6) is 0 Å². The van der Waals surface area contributed by atoms with E-state index in [4.69, 9.17) is 16.7 Å². The Morgan fingerprint density at radius 1 is 1.45 bits per heavy atom. The van der Waals surface area contributed by atoms with E-state index >= 15 is 0 Å². The van der Waals surface area contributed by atoms with E-state index in [0.717, 1.165) is 0 Å². The first-order valence-electron chi connectivity index (χ1n) is 5.91. The highest BCUT2D eigenvalue weighted by Gasteiger charge is 2.41. The largest absolute Gasteiger partial charge is 0.481 e. The second kappa shape index (κ2) is 5.63. The molecule has 2 rings (SSSR count). The van der Waals surface area contributed by atoms with Gasteiger partial charge >= 0.3 is 5.97 Å². The molecule has 1 aliphatic heterocycles. The number of aliphatic carboxylic acids is 1. The Balaban J connectivity index is 2.35. The van der Waals surface area contributed by atoms with Crippen molar-refractivity contribution in [1.82, 2.24) is 4.31 Å². The summed E-state index contributed by atoms with van der Waals surface area (Å²) in [4.78, 5) is 11.2. The van der Waals surface area contributed by atoms with Crippen molar-refractivity contribution in [2.45, 2.75) is 11.8 Å². The fourth-order valence-electron chi connectivity index (χ4n) is 2.26. The molecule has 1 aromatic carbocycles. The van der Waals surface area contributed by atoms with Crippen molar-refractivity contribution in [1.29, 1.82) is 0 Å². The summed E-state index contributed by atoms with van der Waals surface area (Å²) < 4.78 is 26.7. The van der Waals surface area contributed by atoms with Gasteiger partial charge in [0.05, 0.1) is 10.8 Å². The average molecular weight is 383 g/mol. The van der Waals surface area contributed by atoms with Crippen LogP contribution in [-0.2, 0) is 14.8 Å². The number of carbonyl (C=O) groups is 1. The van der Waals surface area contributed by atoms with Crippen molar-refractivity contribution in [3.63, 3.8) is 0 Å². The van der Waals surface area contributed by atoms with Crippen molar-refractivity contribution in [3.05, 3.63) is 27.7 Å². The minimum Gasteiger partial charge on any atom is -0.481 e. The van der Waals surface area contributed by atoms with Crippen LogP contribution in [0.15, 0.2) is 27.6 Å². The lowest BCUT2D eigenvalue weighted by Gasteiger charge is -2.17. The SMILES string of the molecule is C[C@@H]1CN(S(=O)(=O)c2ccc(Cl)cc2Br)C[C@H]1C(=O)O. The van der Waals surface area contributed by atoms with E-state index in [2.05, 4.69) is 15.9 Å².